The summed E-state index contributed by atoms with van der Waals surface area (Å²) in [4.78, 5) is 10.5. The first-order valence-corrected chi connectivity index (χ1v) is 7.43. The molecular formula is C14H21ClN4. The predicted molar refractivity (Wildman–Crippen MR) is 78.4 cm³/mol. The Kier molecular flexibility index (Phi) is 3.29. The van der Waals surface area contributed by atoms with Crippen LogP contribution in [0.15, 0.2) is 0 Å². The summed E-state index contributed by atoms with van der Waals surface area (Å²) < 4.78 is 0. The number of rotatable bonds is 3. The molecule has 19 heavy (non-hydrogen) atoms. The second kappa shape index (κ2) is 4.82. The zero-order chi connectivity index (χ0) is 13.6. The van der Waals surface area contributed by atoms with Crippen molar-refractivity contribution in [1.82, 2.24) is 9.97 Å². The van der Waals surface area contributed by atoms with Crippen LogP contribution >= 0.6 is 11.6 Å². The summed E-state index contributed by atoms with van der Waals surface area (Å²) in [5.74, 6) is 3.45. The first kappa shape index (κ1) is 13.0. The lowest BCUT2D eigenvalue weighted by molar-refractivity contribution is 0.337. The van der Waals surface area contributed by atoms with E-state index in [2.05, 4.69) is 21.9 Å². The highest BCUT2D eigenvalue weighted by molar-refractivity contribution is 6.28. The lowest BCUT2D eigenvalue weighted by Gasteiger charge is -2.28. The van der Waals surface area contributed by atoms with Crippen LogP contribution in [0.1, 0.15) is 31.4 Å². The molecule has 0 radical (unpaired) electrons. The van der Waals surface area contributed by atoms with Gasteiger partial charge in [-0.15, -0.1) is 0 Å². The van der Waals surface area contributed by atoms with Crippen molar-refractivity contribution in [3.63, 3.8) is 0 Å². The Morgan fingerprint density at radius 3 is 2.74 bits per heavy atom. The van der Waals surface area contributed by atoms with E-state index in [0.29, 0.717) is 5.69 Å². The zero-order valence-electron chi connectivity index (χ0n) is 11.6. The van der Waals surface area contributed by atoms with Gasteiger partial charge in [0.05, 0.1) is 11.4 Å². The van der Waals surface area contributed by atoms with Crippen LogP contribution in [0.25, 0.3) is 0 Å². The molecule has 1 heterocycles. The van der Waals surface area contributed by atoms with Crippen LogP contribution in [0.3, 0.4) is 0 Å². The Balaban J connectivity index is 1.75. The quantitative estimate of drug-likeness (QED) is 0.865. The first-order chi connectivity index (χ1) is 9.04. The minimum Gasteiger partial charge on any atom is -0.394 e. The molecule has 1 aromatic rings. The number of aryl methyl sites for hydroxylation is 1. The molecule has 2 bridgehead atoms. The number of aromatic nitrogens is 2. The van der Waals surface area contributed by atoms with E-state index in [-0.39, 0.29) is 5.28 Å². The normalized spacial score (nSPS) is 28.9. The predicted octanol–water partition coefficient (Wildman–Crippen LogP) is 2.89. The molecule has 2 aliphatic rings. The Labute approximate surface area is 119 Å². The number of nitrogens with zero attached hydrogens (tertiary/aromatic N) is 3. The van der Waals surface area contributed by atoms with Gasteiger partial charge in [-0.2, -0.15) is 4.98 Å². The smallest absolute Gasteiger partial charge is 0.224 e. The van der Waals surface area contributed by atoms with E-state index in [1.54, 1.807) is 0 Å². The van der Waals surface area contributed by atoms with Gasteiger partial charge in [0, 0.05) is 13.6 Å². The molecule has 3 atom stereocenters. The van der Waals surface area contributed by atoms with Gasteiger partial charge in [-0.05, 0) is 55.5 Å². The fourth-order valence-electron chi connectivity index (χ4n) is 3.86. The fraction of sp³-hybridized carbons (Fsp3) is 0.714. The van der Waals surface area contributed by atoms with Crippen LogP contribution in [0, 0.1) is 24.7 Å². The van der Waals surface area contributed by atoms with Gasteiger partial charge in [0.1, 0.15) is 0 Å². The SMILES string of the molecule is Cc1nc(Cl)nc(N(C)CC2CC3CCC2C3)c1N. The molecule has 104 valence electrons. The number of halogens is 1. The van der Waals surface area contributed by atoms with Crippen LogP contribution < -0.4 is 10.6 Å². The molecule has 0 amide bonds. The second-order valence-electron chi connectivity index (χ2n) is 6.13. The molecule has 4 nitrogen and oxygen atoms in total. The Hall–Kier alpha value is -1.03. The first-order valence-electron chi connectivity index (χ1n) is 7.05. The third-order valence-corrected chi connectivity index (χ3v) is 5.01. The monoisotopic (exact) mass is 280 g/mol. The maximum absolute atomic E-state index is 6.08. The van der Waals surface area contributed by atoms with E-state index >= 15 is 0 Å². The molecule has 1 aromatic heterocycles. The van der Waals surface area contributed by atoms with E-state index in [1.165, 1.54) is 25.7 Å². The highest BCUT2D eigenvalue weighted by atomic mass is 35.5. The topological polar surface area (TPSA) is 55.0 Å². The van der Waals surface area contributed by atoms with E-state index in [0.717, 1.165) is 35.8 Å². The number of fused-ring (bicyclic) bond motifs is 2. The van der Waals surface area contributed by atoms with Crippen LogP contribution in [0.5, 0.6) is 0 Å². The van der Waals surface area contributed by atoms with Crippen LogP contribution in [0.4, 0.5) is 11.5 Å². The summed E-state index contributed by atoms with van der Waals surface area (Å²) in [6.45, 7) is 2.90. The Morgan fingerprint density at radius 2 is 2.11 bits per heavy atom. The van der Waals surface area contributed by atoms with Crippen molar-refractivity contribution >= 4 is 23.1 Å². The van der Waals surface area contributed by atoms with Gasteiger partial charge < -0.3 is 10.6 Å². The highest BCUT2D eigenvalue weighted by Gasteiger charge is 2.39. The van der Waals surface area contributed by atoms with E-state index in [9.17, 15) is 0 Å². The second-order valence-corrected chi connectivity index (χ2v) is 6.47. The summed E-state index contributed by atoms with van der Waals surface area (Å²) in [5, 5.41) is 0.279. The van der Waals surface area contributed by atoms with Gasteiger partial charge in [0.2, 0.25) is 5.28 Å². The van der Waals surface area contributed by atoms with Gasteiger partial charge in [-0.1, -0.05) is 6.42 Å². The van der Waals surface area contributed by atoms with Gasteiger partial charge in [-0.25, -0.2) is 4.98 Å². The lowest BCUT2D eigenvalue weighted by atomic mass is 9.88. The van der Waals surface area contributed by atoms with Crippen LogP contribution in [-0.2, 0) is 0 Å². The average molecular weight is 281 g/mol. The molecule has 2 fully saturated rings. The van der Waals surface area contributed by atoms with E-state index < -0.39 is 0 Å². The molecule has 0 aromatic carbocycles. The molecule has 0 aliphatic heterocycles. The summed E-state index contributed by atoms with van der Waals surface area (Å²) in [5.41, 5.74) is 7.48. The Morgan fingerprint density at radius 1 is 1.32 bits per heavy atom. The maximum atomic E-state index is 6.08. The van der Waals surface area contributed by atoms with Crippen molar-refractivity contribution in [3.8, 4) is 0 Å². The fourth-order valence-corrected chi connectivity index (χ4v) is 4.07. The third-order valence-electron chi connectivity index (χ3n) is 4.84. The largest absolute Gasteiger partial charge is 0.394 e. The highest BCUT2D eigenvalue weighted by Crippen LogP contribution is 2.48. The minimum absolute atomic E-state index is 0.279. The van der Waals surface area contributed by atoms with Gasteiger partial charge in [0.15, 0.2) is 5.82 Å². The molecule has 2 aliphatic carbocycles. The third kappa shape index (κ3) is 2.38. The van der Waals surface area contributed by atoms with E-state index in [1.807, 2.05) is 6.92 Å². The van der Waals surface area contributed by atoms with Crippen molar-refractivity contribution in [2.75, 3.05) is 24.2 Å². The Bertz CT molecular complexity index is 491. The standard InChI is InChI=1S/C14H21ClN4/c1-8-12(16)13(18-14(15)17-8)19(2)7-11-6-9-3-4-10(11)5-9/h9-11H,3-7,16H2,1-2H3. The van der Waals surface area contributed by atoms with Crippen molar-refractivity contribution in [3.05, 3.63) is 11.0 Å². The molecule has 3 unspecified atom stereocenters. The summed E-state index contributed by atoms with van der Waals surface area (Å²) in [6, 6.07) is 0. The van der Waals surface area contributed by atoms with E-state index in [4.69, 9.17) is 17.3 Å². The van der Waals surface area contributed by atoms with Crippen LogP contribution in [0.2, 0.25) is 5.28 Å². The van der Waals surface area contributed by atoms with Gasteiger partial charge in [-0.3, -0.25) is 0 Å². The zero-order valence-corrected chi connectivity index (χ0v) is 12.3. The lowest BCUT2D eigenvalue weighted by Crippen LogP contribution is -2.30. The number of nitrogen functional groups attached to an aromatic ring is 1. The number of nitrogens with two attached hydrogens (primary N) is 1. The molecule has 5 heteroatoms. The molecular weight excluding hydrogens is 260 g/mol. The number of hydrogen-bond acceptors (Lipinski definition) is 4. The molecule has 0 saturated heterocycles. The summed E-state index contributed by atoms with van der Waals surface area (Å²) >= 11 is 5.94. The number of anilines is 2. The average Bonchev–Trinajstić information content (AvgIpc) is 2.95. The van der Waals surface area contributed by atoms with Gasteiger partial charge >= 0.3 is 0 Å². The molecule has 3 rings (SSSR count). The van der Waals surface area contributed by atoms with Crippen LogP contribution in [-0.4, -0.2) is 23.6 Å². The minimum atomic E-state index is 0.279. The number of hydrogen-bond donors (Lipinski definition) is 1. The van der Waals surface area contributed by atoms with Crippen molar-refractivity contribution in [2.24, 2.45) is 17.8 Å². The van der Waals surface area contributed by atoms with Crippen molar-refractivity contribution in [1.29, 1.82) is 0 Å². The molecule has 2 saturated carbocycles. The molecule has 2 N–H and O–H groups in total. The maximum Gasteiger partial charge on any atom is 0.224 e. The molecule has 0 spiro atoms. The van der Waals surface area contributed by atoms with Gasteiger partial charge in [0.25, 0.3) is 0 Å². The summed E-state index contributed by atoms with van der Waals surface area (Å²) in [6.07, 6.45) is 5.64. The summed E-state index contributed by atoms with van der Waals surface area (Å²) in [7, 11) is 2.06. The van der Waals surface area contributed by atoms with Crippen molar-refractivity contribution in [2.45, 2.75) is 32.6 Å². The van der Waals surface area contributed by atoms with Crippen molar-refractivity contribution < 1.29 is 0 Å².